The predicted octanol–water partition coefficient (Wildman–Crippen LogP) is 2.12. The molecule has 0 spiro atoms. The van der Waals surface area contributed by atoms with Gasteiger partial charge >= 0.3 is 0 Å². The Labute approximate surface area is 129 Å². The maximum absolute atomic E-state index is 12.1. The van der Waals surface area contributed by atoms with Crippen LogP contribution in [0.1, 0.15) is 22.3 Å². The highest BCUT2D eigenvalue weighted by atomic mass is 16.5. The van der Waals surface area contributed by atoms with Gasteiger partial charge in [0.1, 0.15) is 5.56 Å². The van der Waals surface area contributed by atoms with Crippen molar-refractivity contribution in [2.45, 2.75) is 13.3 Å². The Morgan fingerprint density at radius 1 is 1.27 bits per heavy atom. The van der Waals surface area contributed by atoms with Gasteiger partial charge in [0.05, 0.1) is 0 Å². The highest BCUT2D eigenvalue weighted by molar-refractivity contribution is 5.94. The van der Waals surface area contributed by atoms with Gasteiger partial charge in [-0.15, -0.1) is 0 Å². The number of aryl methyl sites for hydroxylation is 1. The quantitative estimate of drug-likeness (QED) is 0.803. The number of nitrogens with one attached hydrogen (secondary N) is 2. The Morgan fingerprint density at radius 3 is 2.77 bits per heavy atom. The fourth-order valence-corrected chi connectivity index (χ4v) is 2.15. The third-order valence-corrected chi connectivity index (χ3v) is 3.29. The van der Waals surface area contributed by atoms with E-state index in [1.165, 1.54) is 0 Å². The van der Waals surface area contributed by atoms with Gasteiger partial charge in [-0.1, -0.05) is 23.8 Å². The molecule has 2 N–H and O–H groups in total. The maximum Gasteiger partial charge on any atom is 0.261 e. The van der Waals surface area contributed by atoms with Crippen LogP contribution < -0.4 is 10.9 Å². The van der Waals surface area contributed by atoms with E-state index in [0.717, 1.165) is 11.1 Å². The maximum atomic E-state index is 12.1. The Kier molecular flexibility index (Phi) is 5.49. The summed E-state index contributed by atoms with van der Waals surface area (Å²) < 4.78 is 4.91. The van der Waals surface area contributed by atoms with Crippen molar-refractivity contribution in [3.8, 4) is 11.3 Å². The molecule has 0 aliphatic carbocycles. The summed E-state index contributed by atoms with van der Waals surface area (Å²) in [4.78, 5) is 26.8. The van der Waals surface area contributed by atoms with E-state index in [2.05, 4.69) is 10.3 Å². The second-order valence-electron chi connectivity index (χ2n) is 5.09. The van der Waals surface area contributed by atoms with Crippen molar-refractivity contribution in [3.63, 3.8) is 0 Å². The van der Waals surface area contributed by atoms with Gasteiger partial charge in [-0.05, 0) is 37.1 Å². The number of H-pyrrole nitrogens is 1. The second kappa shape index (κ2) is 7.56. The lowest BCUT2D eigenvalue weighted by Crippen LogP contribution is -2.30. The van der Waals surface area contributed by atoms with E-state index < -0.39 is 0 Å². The zero-order valence-electron chi connectivity index (χ0n) is 12.8. The molecule has 0 saturated heterocycles. The molecule has 116 valence electrons. The van der Waals surface area contributed by atoms with Gasteiger partial charge in [0, 0.05) is 26.0 Å². The molecule has 2 aromatic rings. The number of carbonyl (C=O) groups excluding carboxylic acids is 1. The first-order valence-corrected chi connectivity index (χ1v) is 7.19. The molecule has 0 radical (unpaired) electrons. The zero-order chi connectivity index (χ0) is 15.9. The molecule has 1 amide bonds. The number of rotatable bonds is 6. The summed E-state index contributed by atoms with van der Waals surface area (Å²) in [7, 11) is 1.61. The number of ether oxygens (including phenoxy) is 1. The second-order valence-corrected chi connectivity index (χ2v) is 5.09. The van der Waals surface area contributed by atoms with Crippen molar-refractivity contribution >= 4 is 5.91 Å². The van der Waals surface area contributed by atoms with Crippen LogP contribution in [0.3, 0.4) is 0 Å². The molecule has 0 atom stereocenters. The van der Waals surface area contributed by atoms with Gasteiger partial charge < -0.3 is 15.0 Å². The monoisotopic (exact) mass is 300 g/mol. The largest absolute Gasteiger partial charge is 0.385 e. The van der Waals surface area contributed by atoms with Gasteiger partial charge in [-0.25, -0.2) is 0 Å². The van der Waals surface area contributed by atoms with Crippen molar-refractivity contribution in [1.82, 2.24) is 10.3 Å². The highest BCUT2D eigenvalue weighted by Crippen LogP contribution is 2.16. The third kappa shape index (κ3) is 4.05. The SMILES string of the molecule is COCCCNC(=O)c1ccc(-c2cccc(C)c2)[nH]c1=O. The predicted molar refractivity (Wildman–Crippen MR) is 86.1 cm³/mol. The van der Waals surface area contributed by atoms with Gasteiger partial charge in [-0.2, -0.15) is 0 Å². The number of amides is 1. The highest BCUT2D eigenvalue weighted by Gasteiger charge is 2.10. The molecule has 0 unspecified atom stereocenters. The molecular formula is C17H20N2O3. The molecule has 0 aliphatic heterocycles. The number of pyridine rings is 1. The summed E-state index contributed by atoms with van der Waals surface area (Å²) in [6, 6.07) is 11.1. The molecule has 5 nitrogen and oxygen atoms in total. The summed E-state index contributed by atoms with van der Waals surface area (Å²) >= 11 is 0. The molecule has 5 heteroatoms. The molecule has 2 rings (SSSR count). The fraction of sp³-hybridized carbons (Fsp3) is 0.294. The molecular weight excluding hydrogens is 280 g/mol. The van der Waals surface area contributed by atoms with E-state index in [4.69, 9.17) is 4.74 Å². The lowest BCUT2D eigenvalue weighted by molar-refractivity contribution is 0.0947. The molecule has 1 aromatic heterocycles. The standard InChI is InChI=1S/C17H20N2O3/c1-12-5-3-6-13(11-12)15-8-7-14(17(21)19-15)16(20)18-9-4-10-22-2/h3,5-8,11H,4,9-10H2,1-2H3,(H,18,20)(H,19,21). The van der Waals surface area contributed by atoms with Gasteiger partial charge in [-0.3, -0.25) is 9.59 Å². The number of methoxy groups -OCH3 is 1. The molecule has 0 saturated carbocycles. The summed E-state index contributed by atoms with van der Waals surface area (Å²) in [5.74, 6) is -0.367. The zero-order valence-corrected chi connectivity index (χ0v) is 12.8. The van der Waals surface area contributed by atoms with Crippen molar-refractivity contribution < 1.29 is 9.53 Å². The van der Waals surface area contributed by atoms with Crippen molar-refractivity contribution in [1.29, 1.82) is 0 Å². The van der Waals surface area contributed by atoms with Gasteiger partial charge in [0.2, 0.25) is 0 Å². The van der Waals surface area contributed by atoms with Crippen molar-refractivity contribution in [2.24, 2.45) is 0 Å². The van der Waals surface area contributed by atoms with E-state index in [1.54, 1.807) is 19.2 Å². The van der Waals surface area contributed by atoms with Crippen LogP contribution in [-0.2, 0) is 4.74 Å². The number of benzene rings is 1. The minimum Gasteiger partial charge on any atom is -0.385 e. The van der Waals surface area contributed by atoms with Gasteiger partial charge in [0.25, 0.3) is 11.5 Å². The lowest BCUT2D eigenvalue weighted by Gasteiger charge is -2.06. The van der Waals surface area contributed by atoms with Crippen LogP contribution in [0.4, 0.5) is 0 Å². The fourth-order valence-electron chi connectivity index (χ4n) is 2.15. The van der Waals surface area contributed by atoms with Crippen LogP contribution in [0.2, 0.25) is 0 Å². The van der Waals surface area contributed by atoms with E-state index >= 15 is 0 Å². The Balaban J connectivity index is 2.13. The van der Waals surface area contributed by atoms with E-state index in [0.29, 0.717) is 25.3 Å². The Bertz CT molecular complexity index is 707. The van der Waals surface area contributed by atoms with Crippen molar-refractivity contribution in [2.75, 3.05) is 20.3 Å². The van der Waals surface area contributed by atoms with Crippen LogP contribution in [0.25, 0.3) is 11.3 Å². The smallest absolute Gasteiger partial charge is 0.261 e. The van der Waals surface area contributed by atoms with Gasteiger partial charge in [0.15, 0.2) is 0 Å². The molecule has 0 aliphatic rings. The first kappa shape index (κ1) is 16.0. The average molecular weight is 300 g/mol. The molecule has 0 fully saturated rings. The molecule has 1 heterocycles. The number of aromatic amines is 1. The number of aromatic nitrogens is 1. The first-order valence-electron chi connectivity index (χ1n) is 7.19. The van der Waals surface area contributed by atoms with Crippen LogP contribution in [-0.4, -0.2) is 31.2 Å². The van der Waals surface area contributed by atoms with Crippen LogP contribution in [0.5, 0.6) is 0 Å². The Morgan fingerprint density at radius 2 is 2.09 bits per heavy atom. The minimum absolute atomic E-state index is 0.119. The van der Waals surface area contributed by atoms with E-state index in [9.17, 15) is 9.59 Å². The van der Waals surface area contributed by atoms with Crippen LogP contribution in [0, 0.1) is 6.92 Å². The number of hydrogen-bond donors (Lipinski definition) is 2. The summed E-state index contributed by atoms with van der Waals surface area (Å²) in [5, 5.41) is 2.70. The van der Waals surface area contributed by atoms with E-state index in [1.807, 2.05) is 31.2 Å². The summed E-state index contributed by atoms with van der Waals surface area (Å²) in [6.07, 6.45) is 0.710. The number of hydrogen-bond acceptors (Lipinski definition) is 3. The lowest BCUT2D eigenvalue weighted by atomic mass is 10.1. The third-order valence-electron chi connectivity index (χ3n) is 3.29. The van der Waals surface area contributed by atoms with Crippen LogP contribution in [0.15, 0.2) is 41.2 Å². The average Bonchev–Trinajstić information content (AvgIpc) is 2.51. The molecule has 1 aromatic carbocycles. The minimum atomic E-state index is -0.386. The van der Waals surface area contributed by atoms with Crippen LogP contribution >= 0.6 is 0 Å². The van der Waals surface area contributed by atoms with E-state index in [-0.39, 0.29) is 17.0 Å². The Hall–Kier alpha value is -2.40. The normalized spacial score (nSPS) is 10.5. The number of carbonyl (C=O) groups is 1. The van der Waals surface area contributed by atoms with Crippen molar-refractivity contribution in [3.05, 3.63) is 57.9 Å². The molecule has 22 heavy (non-hydrogen) atoms. The summed E-state index contributed by atoms with van der Waals surface area (Å²) in [5.41, 5.74) is 2.46. The summed E-state index contributed by atoms with van der Waals surface area (Å²) in [6.45, 7) is 3.04. The molecule has 0 bridgehead atoms. The topological polar surface area (TPSA) is 71.2 Å². The first-order chi connectivity index (χ1) is 10.6.